The van der Waals surface area contributed by atoms with Crippen molar-refractivity contribution in [2.45, 2.75) is 59.9 Å². The van der Waals surface area contributed by atoms with Crippen LogP contribution in [-0.4, -0.2) is 12.6 Å². The summed E-state index contributed by atoms with van der Waals surface area (Å²) in [6, 6.07) is 6.89. The van der Waals surface area contributed by atoms with E-state index in [4.69, 9.17) is 0 Å². The molecule has 2 heteroatoms. The molecule has 1 unspecified atom stereocenters. The average molecular weight is 327 g/mol. The monoisotopic (exact) mass is 327 g/mol. The van der Waals surface area contributed by atoms with E-state index in [2.05, 4.69) is 43.9 Å². The van der Waals surface area contributed by atoms with Gasteiger partial charge < -0.3 is 4.90 Å². The van der Waals surface area contributed by atoms with Crippen LogP contribution in [0.1, 0.15) is 65.0 Å². The van der Waals surface area contributed by atoms with Gasteiger partial charge in [0.2, 0.25) is 0 Å². The molecule has 0 bridgehead atoms. The van der Waals surface area contributed by atoms with E-state index < -0.39 is 0 Å². The lowest BCUT2D eigenvalue weighted by Gasteiger charge is -2.37. The maximum atomic E-state index is 14.5. The molecule has 0 fully saturated rings. The Morgan fingerprint density at radius 3 is 2.58 bits per heavy atom. The fourth-order valence-corrected chi connectivity index (χ4v) is 3.15. The Labute approximate surface area is 146 Å². The van der Waals surface area contributed by atoms with Gasteiger partial charge in [-0.1, -0.05) is 30.7 Å². The summed E-state index contributed by atoms with van der Waals surface area (Å²) in [5.41, 5.74) is 5.39. The number of anilines is 1. The molecule has 0 aromatic heterocycles. The number of fused-ring (bicyclic) bond motifs is 1. The second-order valence-electron chi connectivity index (χ2n) is 7.09. The summed E-state index contributed by atoms with van der Waals surface area (Å²) in [6.45, 7) is 13.6. The van der Waals surface area contributed by atoms with Crippen molar-refractivity contribution in [1.29, 1.82) is 0 Å². The third-order valence-electron chi connectivity index (χ3n) is 5.03. The van der Waals surface area contributed by atoms with Crippen LogP contribution in [0.4, 0.5) is 10.1 Å². The van der Waals surface area contributed by atoms with Crippen molar-refractivity contribution in [3.05, 3.63) is 59.0 Å². The molecule has 0 radical (unpaired) electrons. The minimum atomic E-state index is -0.166. The number of halogens is 1. The number of nitrogens with zero attached hydrogens (tertiary/aromatic N) is 1. The van der Waals surface area contributed by atoms with Crippen molar-refractivity contribution >= 4 is 11.3 Å². The molecular weight excluding hydrogens is 297 g/mol. The topological polar surface area (TPSA) is 3.24 Å². The van der Waals surface area contributed by atoms with E-state index >= 15 is 0 Å². The predicted molar refractivity (Wildman–Crippen MR) is 104 cm³/mol. The Bertz CT molecular complexity index is 679. The number of rotatable bonds is 4. The van der Waals surface area contributed by atoms with Crippen LogP contribution in [0.5, 0.6) is 0 Å². The fourth-order valence-electron chi connectivity index (χ4n) is 3.15. The van der Waals surface area contributed by atoms with Gasteiger partial charge in [0, 0.05) is 18.3 Å². The first-order chi connectivity index (χ1) is 11.3. The molecule has 0 spiro atoms. The van der Waals surface area contributed by atoms with Crippen molar-refractivity contribution in [2.24, 2.45) is 0 Å². The van der Waals surface area contributed by atoms with Crippen molar-refractivity contribution in [1.82, 2.24) is 0 Å². The van der Waals surface area contributed by atoms with E-state index in [0.717, 1.165) is 24.1 Å². The lowest BCUT2D eigenvalue weighted by atomic mass is 9.88. The lowest BCUT2D eigenvalue weighted by Crippen LogP contribution is -2.36. The highest BCUT2D eigenvalue weighted by molar-refractivity contribution is 5.72. The Morgan fingerprint density at radius 2 is 1.96 bits per heavy atom. The molecule has 1 nitrogen and oxygen atoms in total. The second-order valence-corrected chi connectivity index (χ2v) is 7.09. The van der Waals surface area contributed by atoms with Gasteiger partial charge in [0.1, 0.15) is 5.83 Å². The van der Waals surface area contributed by atoms with Gasteiger partial charge in [0.25, 0.3) is 0 Å². The van der Waals surface area contributed by atoms with E-state index in [1.54, 1.807) is 6.08 Å². The molecule has 130 valence electrons. The SMILES string of the molecule is C/C=C(C)/C=C/C(F)=C(/C)c1ccc2c(c1)C(C)CCN2C(C)C. The molecule has 1 atom stereocenters. The van der Waals surface area contributed by atoms with Crippen LogP contribution in [0.2, 0.25) is 0 Å². The molecule has 24 heavy (non-hydrogen) atoms. The smallest absolute Gasteiger partial charge is 0.126 e. The lowest BCUT2D eigenvalue weighted by molar-refractivity contribution is 0.572. The molecule has 1 aliphatic heterocycles. The van der Waals surface area contributed by atoms with E-state index in [0.29, 0.717) is 17.5 Å². The van der Waals surface area contributed by atoms with E-state index in [1.165, 1.54) is 11.3 Å². The summed E-state index contributed by atoms with van der Waals surface area (Å²) in [4.78, 5) is 2.45. The van der Waals surface area contributed by atoms with Gasteiger partial charge in [0.15, 0.2) is 0 Å². The second kappa shape index (κ2) is 7.83. The molecule has 1 aromatic rings. The van der Waals surface area contributed by atoms with Gasteiger partial charge in [-0.05, 0) is 81.9 Å². The zero-order valence-electron chi connectivity index (χ0n) is 15.9. The maximum Gasteiger partial charge on any atom is 0.126 e. The van der Waals surface area contributed by atoms with Gasteiger partial charge in [-0.2, -0.15) is 0 Å². The van der Waals surface area contributed by atoms with Gasteiger partial charge in [-0.3, -0.25) is 0 Å². The largest absolute Gasteiger partial charge is 0.369 e. The molecule has 1 heterocycles. The van der Waals surface area contributed by atoms with Crippen LogP contribution >= 0.6 is 0 Å². The van der Waals surface area contributed by atoms with Crippen LogP contribution < -0.4 is 4.90 Å². The molecule has 1 aliphatic rings. The highest BCUT2D eigenvalue weighted by Gasteiger charge is 2.24. The number of hydrogen-bond donors (Lipinski definition) is 0. The quantitative estimate of drug-likeness (QED) is 0.561. The maximum absolute atomic E-state index is 14.5. The highest BCUT2D eigenvalue weighted by atomic mass is 19.1. The van der Waals surface area contributed by atoms with Crippen LogP contribution in [0.3, 0.4) is 0 Å². The van der Waals surface area contributed by atoms with E-state index in [1.807, 2.05) is 32.9 Å². The zero-order valence-corrected chi connectivity index (χ0v) is 15.9. The number of benzene rings is 1. The average Bonchev–Trinajstić information content (AvgIpc) is 2.58. The Kier molecular flexibility index (Phi) is 6.04. The summed E-state index contributed by atoms with van der Waals surface area (Å²) in [7, 11) is 0. The summed E-state index contributed by atoms with van der Waals surface area (Å²) in [5.74, 6) is 0.354. The molecular formula is C22H30FN. The van der Waals surface area contributed by atoms with Crippen molar-refractivity contribution in [3.63, 3.8) is 0 Å². The van der Waals surface area contributed by atoms with Crippen LogP contribution in [0.25, 0.3) is 5.57 Å². The van der Waals surface area contributed by atoms with Crippen LogP contribution in [0, 0.1) is 0 Å². The molecule has 0 amide bonds. The first-order valence-corrected chi connectivity index (χ1v) is 8.93. The van der Waals surface area contributed by atoms with Crippen molar-refractivity contribution < 1.29 is 4.39 Å². The standard InChI is InChI=1S/C22H30FN/c1-7-16(4)8-10-21(23)18(6)19-9-11-22-20(14-19)17(5)12-13-24(22)15(2)3/h7-11,14-15,17H,12-13H2,1-6H3/b10-8+,16-7+,21-18+. The Balaban J connectivity index is 2.40. The summed E-state index contributed by atoms with van der Waals surface area (Å²) in [5, 5.41) is 0. The molecule has 0 aliphatic carbocycles. The highest BCUT2D eigenvalue weighted by Crippen LogP contribution is 2.38. The Morgan fingerprint density at radius 1 is 1.25 bits per heavy atom. The fraction of sp³-hybridized carbons (Fsp3) is 0.455. The third kappa shape index (κ3) is 3.98. The number of hydrogen-bond acceptors (Lipinski definition) is 1. The van der Waals surface area contributed by atoms with Gasteiger partial charge in [0.05, 0.1) is 0 Å². The first-order valence-electron chi connectivity index (χ1n) is 8.93. The zero-order chi connectivity index (χ0) is 17.9. The van der Waals surface area contributed by atoms with Crippen molar-refractivity contribution in [3.8, 4) is 0 Å². The summed E-state index contributed by atoms with van der Waals surface area (Å²) >= 11 is 0. The van der Waals surface area contributed by atoms with Crippen LogP contribution in [0.15, 0.2) is 47.8 Å². The molecule has 0 saturated carbocycles. The van der Waals surface area contributed by atoms with E-state index in [-0.39, 0.29) is 5.83 Å². The minimum absolute atomic E-state index is 0.166. The summed E-state index contributed by atoms with van der Waals surface area (Å²) < 4.78 is 14.5. The normalized spacial score (nSPS) is 19.8. The predicted octanol–water partition coefficient (Wildman–Crippen LogP) is 6.63. The van der Waals surface area contributed by atoms with E-state index in [9.17, 15) is 4.39 Å². The van der Waals surface area contributed by atoms with Gasteiger partial charge in [-0.15, -0.1) is 0 Å². The van der Waals surface area contributed by atoms with Crippen molar-refractivity contribution in [2.75, 3.05) is 11.4 Å². The number of allylic oxidation sites excluding steroid dienone is 6. The van der Waals surface area contributed by atoms with Gasteiger partial charge in [-0.25, -0.2) is 4.39 Å². The molecule has 0 saturated heterocycles. The molecule has 2 rings (SSSR count). The van der Waals surface area contributed by atoms with Crippen LogP contribution in [-0.2, 0) is 0 Å². The molecule has 0 N–H and O–H groups in total. The summed E-state index contributed by atoms with van der Waals surface area (Å²) in [6.07, 6.45) is 6.51. The van der Waals surface area contributed by atoms with Gasteiger partial charge >= 0.3 is 0 Å². The third-order valence-corrected chi connectivity index (χ3v) is 5.03. The first kappa shape index (κ1) is 18.5. The Hall–Kier alpha value is -1.83. The minimum Gasteiger partial charge on any atom is -0.369 e. The molecule has 1 aromatic carbocycles.